The quantitative estimate of drug-likeness (QED) is 0.797. The molecule has 5 heteroatoms. The molecule has 0 bridgehead atoms. The molecule has 2 aromatic rings. The van der Waals surface area contributed by atoms with Crippen molar-refractivity contribution in [3.63, 3.8) is 0 Å². The Morgan fingerprint density at radius 1 is 0.769 bits per heavy atom. The zero-order valence-electron chi connectivity index (χ0n) is 16.8. The van der Waals surface area contributed by atoms with Crippen molar-refractivity contribution in [2.45, 2.75) is 41.5 Å². The fourth-order valence-corrected chi connectivity index (χ4v) is 2.13. The van der Waals surface area contributed by atoms with Gasteiger partial charge in [-0.05, 0) is 44.2 Å². The van der Waals surface area contributed by atoms with Gasteiger partial charge in [0.15, 0.2) is 0 Å². The molecule has 2 aromatic carbocycles. The molecular weight excluding hydrogens is 328 g/mol. The lowest BCUT2D eigenvalue weighted by Gasteiger charge is -2.09. The maximum atomic E-state index is 12.1. The van der Waals surface area contributed by atoms with Crippen LogP contribution >= 0.6 is 0 Å². The molecule has 0 atom stereocenters. The lowest BCUT2D eigenvalue weighted by atomic mass is 10.1. The average molecular weight is 358 g/mol. The van der Waals surface area contributed by atoms with Crippen LogP contribution in [0.15, 0.2) is 42.5 Å². The monoisotopic (exact) mass is 358 g/mol. The largest absolute Gasteiger partial charge is 0.497 e. The van der Waals surface area contributed by atoms with E-state index in [2.05, 4.69) is 10.9 Å². The Morgan fingerprint density at radius 3 is 1.77 bits per heavy atom. The van der Waals surface area contributed by atoms with Gasteiger partial charge in [0.1, 0.15) is 5.75 Å². The molecule has 5 nitrogen and oxygen atoms in total. The third kappa shape index (κ3) is 7.38. The molecule has 142 valence electrons. The molecule has 0 spiro atoms. The van der Waals surface area contributed by atoms with Crippen molar-refractivity contribution in [3.8, 4) is 5.75 Å². The second-order valence-corrected chi connectivity index (χ2v) is 5.02. The highest BCUT2D eigenvalue weighted by atomic mass is 16.5. The van der Waals surface area contributed by atoms with E-state index in [0.717, 1.165) is 11.1 Å². The number of rotatable bonds is 3. The van der Waals surface area contributed by atoms with Gasteiger partial charge in [-0.1, -0.05) is 51.0 Å². The number of hydrazine groups is 1. The normalized spacial score (nSPS) is 8.88. The molecule has 2 amide bonds. The molecular formula is C21H30N2O3. The second-order valence-electron chi connectivity index (χ2n) is 5.02. The van der Waals surface area contributed by atoms with Crippen LogP contribution in [0.2, 0.25) is 0 Å². The highest BCUT2D eigenvalue weighted by molar-refractivity contribution is 5.99. The third-order valence-electron chi connectivity index (χ3n) is 3.11. The molecule has 0 heterocycles. The molecule has 2 N–H and O–H groups in total. The zero-order chi connectivity index (χ0) is 20.1. The number of aryl methyl sites for hydroxylation is 2. The molecule has 2 rings (SSSR count). The maximum absolute atomic E-state index is 12.1. The molecule has 0 aromatic heterocycles. The van der Waals surface area contributed by atoms with Gasteiger partial charge in [-0.25, -0.2) is 0 Å². The average Bonchev–Trinajstić information content (AvgIpc) is 2.68. The smallest absolute Gasteiger partial charge is 0.269 e. The fraction of sp³-hybridized carbons (Fsp3) is 0.333. The molecule has 0 saturated carbocycles. The van der Waals surface area contributed by atoms with Crippen molar-refractivity contribution < 1.29 is 14.3 Å². The topological polar surface area (TPSA) is 67.4 Å². The molecule has 0 radical (unpaired) electrons. The van der Waals surface area contributed by atoms with E-state index in [9.17, 15) is 9.59 Å². The highest BCUT2D eigenvalue weighted by Crippen LogP contribution is 2.12. The van der Waals surface area contributed by atoms with Crippen molar-refractivity contribution in [2.75, 3.05) is 7.11 Å². The molecule has 0 saturated heterocycles. The number of ether oxygens (including phenoxy) is 1. The van der Waals surface area contributed by atoms with Gasteiger partial charge in [-0.2, -0.15) is 0 Å². The van der Waals surface area contributed by atoms with E-state index in [-0.39, 0.29) is 5.91 Å². The van der Waals surface area contributed by atoms with Crippen molar-refractivity contribution in [1.29, 1.82) is 0 Å². The van der Waals surface area contributed by atoms with Crippen molar-refractivity contribution >= 4 is 11.8 Å². The van der Waals surface area contributed by atoms with Crippen LogP contribution in [0.25, 0.3) is 0 Å². The summed E-state index contributed by atoms with van der Waals surface area (Å²) in [6, 6.07) is 12.2. The van der Waals surface area contributed by atoms with Gasteiger partial charge in [0.2, 0.25) is 0 Å². The Kier molecular flexibility index (Phi) is 11.2. The van der Waals surface area contributed by atoms with Crippen molar-refractivity contribution in [3.05, 3.63) is 64.7 Å². The first-order chi connectivity index (χ1) is 12.5. The number of carbonyl (C=O) groups excluding carboxylic acids is 2. The lowest BCUT2D eigenvalue weighted by molar-refractivity contribution is 0.0846. The number of amides is 2. The van der Waals surface area contributed by atoms with Gasteiger partial charge in [0.25, 0.3) is 11.8 Å². The van der Waals surface area contributed by atoms with Crippen LogP contribution in [0, 0.1) is 13.8 Å². The van der Waals surface area contributed by atoms with E-state index < -0.39 is 5.91 Å². The van der Waals surface area contributed by atoms with Gasteiger partial charge in [-0.3, -0.25) is 20.4 Å². The van der Waals surface area contributed by atoms with E-state index in [4.69, 9.17) is 4.74 Å². The van der Waals surface area contributed by atoms with Crippen LogP contribution in [0.1, 0.15) is 59.5 Å². The van der Waals surface area contributed by atoms with E-state index in [0.29, 0.717) is 16.9 Å². The number of nitrogens with one attached hydrogen (secondary N) is 2. The molecule has 0 fully saturated rings. The highest BCUT2D eigenvalue weighted by Gasteiger charge is 2.10. The summed E-state index contributed by atoms with van der Waals surface area (Å²) in [5, 5.41) is 0. The van der Waals surface area contributed by atoms with Crippen LogP contribution in [-0.2, 0) is 0 Å². The standard InChI is InChI=1S/C17H18N2O3.2C2H6/c1-11-7-12(2)9-14(8-11)17(21)19-18-16(20)13-5-4-6-15(10-13)22-3;2*1-2/h4-10H,1-3H3,(H,18,20)(H,19,21);2*1-2H3. The Balaban J connectivity index is 0.00000146. The summed E-state index contributed by atoms with van der Waals surface area (Å²) in [5.41, 5.74) is 7.69. The number of hydrogen-bond donors (Lipinski definition) is 2. The minimum atomic E-state index is -0.406. The molecule has 0 aliphatic heterocycles. The van der Waals surface area contributed by atoms with Crippen LogP contribution in [0.5, 0.6) is 5.75 Å². The summed E-state index contributed by atoms with van der Waals surface area (Å²) in [5.74, 6) is -0.187. The van der Waals surface area contributed by atoms with Gasteiger partial charge in [-0.15, -0.1) is 0 Å². The number of benzene rings is 2. The van der Waals surface area contributed by atoms with E-state index in [1.165, 1.54) is 7.11 Å². The Bertz CT molecular complexity index is 692. The fourth-order valence-electron chi connectivity index (χ4n) is 2.13. The van der Waals surface area contributed by atoms with Crippen LogP contribution < -0.4 is 15.6 Å². The summed E-state index contributed by atoms with van der Waals surface area (Å²) >= 11 is 0. The van der Waals surface area contributed by atoms with E-state index in [1.54, 1.807) is 36.4 Å². The minimum Gasteiger partial charge on any atom is -0.497 e. The van der Waals surface area contributed by atoms with E-state index in [1.807, 2.05) is 47.6 Å². The SMILES string of the molecule is CC.CC.COc1cccc(C(=O)NNC(=O)c2cc(C)cc(C)c2)c1. The van der Waals surface area contributed by atoms with Crippen molar-refractivity contribution in [2.24, 2.45) is 0 Å². The van der Waals surface area contributed by atoms with Gasteiger partial charge in [0.05, 0.1) is 7.11 Å². The Labute approximate surface area is 156 Å². The summed E-state index contributed by atoms with van der Waals surface area (Å²) in [4.78, 5) is 24.1. The number of methoxy groups -OCH3 is 1. The Morgan fingerprint density at radius 2 is 1.27 bits per heavy atom. The summed E-state index contributed by atoms with van der Waals surface area (Å²) in [6.45, 7) is 11.8. The maximum Gasteiger partial charge on any atom is 0.269 e. The summed E-state index contributed by atoms with van der Waals surface area (Å²) in [6.07, 6.45) is 0. The molecule has 0 aliphatic carbocycles. The molecule has 0 unspecified atom stereocenters. The van der Waals surface area contributed by atoms with Crippen LogP contribution in [0.3, 0.4) is 0 Å². The minimum absolute atomic E-state index is 0.358. The molecule has 0 aliphatic rings. The van der Waals surface area contributed by atoms with Gasteiger partial charge in [0, 0.05) is 11.1 Å². The van der Waals surface area contributed by atoms with Gasteiger partial charge < -0.3 is 4.74 Å². The Hall–Kier alpha value is -2.82. The summed E-state index contributed by atoms with van der Waals surface area (Å²) in [7, 11) is 1.53. The van der Waals surface area contributed by atoms with Crippen molar-refractivity contribution in [1.82, 2.24) is 10.9 Å². The number of hydrogen-bond acceptors (Lipinski definition) is 3. The first-order valence-electron chi connectivity index (χ1n) is 8.82. The zero-order valence-corrected chi connectivity index (χ0v) is 16.8. The summed E-state index contributed by atoms with van der Waals surface area (Å²) < 4.78 is 5.06. The number of carbonyl (C=O) groups is 2. The van der Waals surface area contributed by atoms with Gasteiger partial charge >= 0.3 is 0 Å². The predicted octanol–water partition coefficient (Wildman–Crippen LogP) is 4.44. The first-order valence-corrected chi connectivity index (χ1v) is 8.82. The van der Waals surface area contributed by atoms with Crippen LogP contribution in [0.4, 0.5) is 0 Å². The van der Waals surface area contributed by atoms with Crippen LogP contribution in [-0.4, -0.2) is 18.9 Å². The second kappa shape index (κ2) is 12.5. The predicted molar refractivity (Wildman–Crippen MR) is 107 cm³/mol. The first kappa shape index (κ1) is 23.2. The molecule has 26 heavy (non-hydrogen) atoms. The van der Waals surface area contributed by atoms with E-state index >= 15 is 0 Å². The third-order valence-corrected chi connectivity index (χ3v) is 3.11. The lowest BCUT2D eigenvalue weighted by Crippen LogP contribution is -2.41.